The average molecular weight is 361 g/mol. The van der Waals surface area contributed by atoms with Crippen LogP contribution in [0.1, 0.15) is 5.56 Å². The smallest absolute Gasteiger partial charge is 0.276 e. The van der Waals surface area contributed by atoms with E-state index in [2.05, 4.69) is 15.9 Å². The van der Waals surface area contributed by atoms with Crippen molar-refractivity contribution < 1.29 is 14.1 Å². The molecule has 2 aromatic rings. The van der Waals surface area contributed by atoms with Crippen LogP contribution < -0.4 is 4.74 Å². The van der Waals surface area contributed by atoms with Crippen molar-refractivity contribution >= 4 is 33.2 Å². The van der Waals surface area contributed by atoms with Crippen molar-refractivity contribution in [3.05, 3.63) is 67.4 Å². The summed E-state index contributed by atoms with van der Waals surface area (Å²) in [6.45, 7) is -0.0844. The van der Waals surface area contributed by atoms with Gasteiger partial charge in [0.25, 0.3) is 5.69 Å². The first kappa shape index (κ1) is 14.7. The number of benzene rings is 2. The molecule has 20 heavy (non-hydrogen) atoms. The van der Waals surface area contributed by atoms with Crippen LogP contribution in [-0.2, 0) is 6.61 Å². The standard InChI is InChI=1S/C13H8BrClFNO3/c14-11-3-2-10(16)6-13(11)20-7-8-5-9(15)1-4-12(8)17(18)19/h1-6H,7H2. The highest BCUT2D eigenvalue weighted by molar-refractivity contribution is 9.10. The van der Waals surface area contributed by atoms with E-state index < -0.39 is 10.7 Å². The maximum Gasteiger partial charge on any atom is 0.276 e. The zero-order chi connectivity index (χ0) is 14.7. The lowest BCUT2D eigenvalue weighted by atomic mass is 10.2. The third kappa shape index (κ3) is 3.46. The molecule has 0 aliphatic rings. The van der Waals surface area contributed by atoms with Crippen LogP contribution in [0.15, 0.2) is 40.9 Å². The monoisotopic (exact) mass is 359 g/mol. The molecule has 2 aromatic carbocycles. The average Bonchev–Trinajstić information content (AvgIpc) is 2.39. The molecule has 4 nitrogen and oxygen atoms in total. The summed E-state index contributed by atoms with van der Waals surface area (Å²) in [7, 11) is 0. The van der Waals surface area contributed by atoms with E-state index in [4.69, 9.17) is 16.3 Å². The zero-order valence-electron chi connectivity index (χ0n) is 9.98. The molecule has 2 rings (SSSR count). The quantitative estimate of drug-likeness (QED) is 0.585. The molecule has 0 aromatic heterocycles. The molecule has 0 radical (unpaired) electrons. The van der Waals surface area contributed by atoms with Gasteiger partial charge in [0, 0.05) is 17.2 Å². The van der Waals surface area contributed by atoms with Gasteiger partial charge in [0.1, 0.15) is 18.2 Å². The van der Waals surface area contributed by atoms with Crippen LogP contribution in [0.25, 0.3) is 0 Å². The molecule has 0 saturated heterocycles. The van der Waals surface area contributed by atoms with Crippen molar-refractivity contribution in [1.29, 1.82) is 0 Å². The van der Waals surface area contributed by atoms with Gasteiger partial charge in [-0.2, -0.15) is 0 Å². The van der Waals surface area contributed by atoms with Crippen LogP contribution in [-0.4, -0.2) is 4.92 Å². The minimum Gasteiger partial charge on any atom is -0.487 e. The number of hydrogen-bond donors (Lipinski definition) is 0. The lowest BCUT2D eigenvalue weighted by molar-refractivity contribution is -0.385. The van der Waals surface area contributed by atoms with Crippen molar-refractivity contribution in [2.24, 2.45) is 0 Å². The molecule has 0 atom stereocenters. The highest BCUT2D eigenvalue weighted by Crippen LogP contribution is 2.28. The Hall–Kier alpha value is -1.66. The molecule has 0 unspecified atom stereocenters. The summed E-state index contributed by atoms with van der Waals surface area (Å²) in [5, 5.41) is 11.3. The third-order valence-corrected chi connectivity index (χ3v) is 3.40. The Bertz CT molecular complexity index is 666. The van der Waals surface area contributed by atoms with Crippen molar-refractivity contribution in [3.8, 4) is 5.75 Å². The molecular formula is C13H8BrClFNO3. The first-order valence-corrected chi connectivity index (χ1v) is 6.65. The first-order valence-electron chi connectivity index (χ1n) is 5.48. The van der Waals surface area contributed by atoms with E-state index >= 15 is 0 Å². The number of nitrogens with zero attached hydrogens (tertiary/aromatic N) is 1. The van der Waals surface area contributed by atoms with Crippen LogP contribution in [0.4, 0.5) is 10.1 Å². The molecule has 0 aliphatic heterocycles. The minimum atomic E-state index is -0.518. The molecule has 0 saturated carbocycles. The van der Waals surface area contributed by atoms with Gasteiger partial charge in [-0.15, -0.1) is 0 Å². The van der Waals surface area contributed by atoms with Gasteiger partial charge in [0.2, 0.25) is 0 Å². The highest BCUT2D eigenvalue weighted by Gasteiger charge is 2.15. The van der Waals surface area contributed by atoms with Crippen LogP contribution in [0.2, 0.25) is 5.02 Å². The van der Waals surface area contributed by atoms with Crippen molar-refractivity contribution in [2.75, 3.05) is 0 Å². The van der Waals surface area contributed by atoms with Crippen molar-refractivity contribution in [1.82, 2.24) is 0 Å². The molecule has 0 N–H and O–H groups in total. The van der Waals surface area contributed by atoms with Gasteiger partial charge in [-0.3, -0.25) is 10.1 Å². The summed E-state index contributed by atoms with van der Waals surface area (Å²) >= 11 is 9.03. The van der Waals surface area contributed by atoms with Gasteiger partial charge in [0.15, 0.2) is 0 Å². The second kappa shape index (κ2) is 6.19. The minimum absolute atomic E-state index is 0.0844. The molecule has 0 bridgehead atoms. The molecular weight excluding hydrogens is 353 g/mol. The SMILES string of the molecule is O=[N+]([O-])c1ccc(Cl)cc1COc1cc(F)ccc1Br. The third-order valence-electron chi connectivity index (χ3n) is 2.51. The van der Waals surface area contributed by atoms with Gasteiger partial charge in [-0.25, -0.2) is 4.39 Å². The first-order chi connectivity index (χ1) is 9.47. The van der Waals surface area contributed by atoms with Crippen LogP contribution in [0.5, 0.6) is 5.75 Å². The summed E-state index contributed by atoms with van der Waals surface area (Å²) in [6.07, 6.45) is 0. The number of hydrogen-bond acceptors (Lipinski definition) is 3. The Balaban J connectivity index is 2.24. The Kier molecular flexibility index (Phi) is 4.57. The van der Waals surface area contributed by atoms with E-state index in [1.807, 2.05) is 0 Å². The Morgan fingerprint density at radius 2 is 2.05 bits per heavy atom. The summed E-state index contributed by atoms with van der Waals surface area (Å²) in [4.78, 5) is 10.4. The van der Waals surface area contributed by atoms with E-state index in [1.54, 1.807) is 0 Å². The number of rotatable bonds is 4. The Morgan fingerprint density at radius 1 is 1.30 bits per heavy atom. The fourth-order valence-electron chi connectivity index (χ4n) is 1.59. The van der Waals surface area contributed by atoms with E-state index in [-0.39, 0.29) is 18.0 Å². The molecule has 104 valence electrons. The fourth-order valence-corrected chi connectivity index (χ4v) is 2.15. The second-order valence-electron chi connectivity index (χ2n) is 3.89. The van der Waals surface area contributed by atoms with E-state index in [1.165, 1.54) is 36.4 Å². The topological polar surface area (TPSA) is 52.4 Å². The second-order valence-corrected chi connectivity index (χ2v) is 5.18. The van der Waals surface area contributed by atoms with Gasteiger partial charge in [0.05, 0.1) is 15.0 Å². The number of nitro benzene ring substituents is 1. The summed E-state index contributed by atoms with van der Waals surface area (Å²) in [6, 6.07) is 8.16. The van der Waals surface area contributed by atoms with Crippen molar-refractivity contribution in [2.45, 2.75) is 6.61 Å². The van der Waals surface area contributed by atoms with E-state index in [0.29, 0.717) is 15.1 Å². The number of halogens is 3. The van der Waals surface area contributed by atoms with Gasteiger partial charge in [-0.1, -0.05) is 11.6 Å². The Labute approximate surface area is 127 Å². The normalized spacial score (nSPS) is 10.3. The maximum absolute atomic E-state index is 13.1. The zero-order valence-corrected chi connectivity index (χ0v) is 12.3. The molecule has 0 spiro atoms. The largest absolute Gasteiger partial charge is 0.487 e. The van der Waals surface area contributed by atoms with E-state index in [9.17, 15) is 14.5 Å². The fraction of sp³-hybridized carbons (Fsp3) is 0.0769. The van der Waals surface area contributed by atoms with Gasteiger partial charge >= 0.3 is 0 Å². The number of ether oxygens (including phenoxy) is 1. The summed E-state index contributed by atoms with van der Waals surface area (Å²) in [5.74, 6) is -0.192. The Morgan fingerprint density at radius 3 is 2.75 bits per heavy atom. The highest BCUT2D eigenvalue weighted by atomic mass is 79.9. The molecule has 7 heteroatoms. The molecule has 0 aliphatic carbocycles. The lowest BCUT2D eigenvalue weighted by Gasteiger charge is -2.09. The van der Waals surface area contributed by atoms with Crippen LogP contribution in [0, 0.1) is 15.9 Å². The summed E-state index contributed by atoms with van der Waals surface area (Å²) < 4.78 is 19.1. The van der Waals surface area contributed by atoms with E-state index in [0.717, 1.165) is 0 Å². The maximum atomic E-state index is 13.1. The van der Waals surface area contributed by atoms with Gasteiger partial charge < -0.3 is 4.74 Å². The van der Waals surface area contributed by atoms with Crippen molar-refractivity contribution in [3.63, 3.8) is 0 Å². The lowest BCUT2D eigenvalue weighted by Crippen LogP contribution is -2.01. The van der Waals surface area contributed by atoms with Crippen LogP contribution in [0.3, 0.4) is 0 Å². The summed E-state index contributed by atoms with van der Waals surface area (Å²) in [5.41, 5.74) is 0.223. The molecule has 0 heterocycles. The molecule has 0 fully saturated rings. The predicted molar refractivity (Wildman–Crippen MR) is 76.5 cm³/mol. The predicted octanol–water partition coefficient (Wildman–Crippen LogP) is 4.73. The van der Waals surface area contributed by atoms with Crippen LogP contribution >= 0.6 is 27.5 Å². The van der Waals surface area contributed by atoms with Gasteiger partial charge in [-0.05, 0) is 40.2 Å². The molecule has 0 amide bonds. The number of nitro groups is 1.